The molecule has 0 bridgehead atoms. The van der Waals surface area contributed by atoms with Crippen molar-refractivity contribution in [2.24, 2.45) is 12.8 Å². The number of aryl methyl sites for hydroxylation is 2. The van der Waals surface area contributed by atoms with Gasteiger partial charge >= 0.3 is 0 Å². The monoisotopic (exact) mass is 322 g/mol. The van der Waals surface area contributed by atoms with Gasteiger partial charge in [0.15, 0.2) is 5.65 Å². The predicted molar refractivity (Wildman–Crippen MR) is 90.7 cm³/mol. The highest BCUT2D eigenvalue weighted by molar-refractivity contribution is 6.11. The molecule has 0 aromatic carbocycles. The third-order valence-corrected chi connectivity index (χ3v) is 4.43. The fourth-order valence-corrected chi connectivity index (χ4v) is 3.16. The second-order valence-corrected chi connectivity index (χ2v) is 6.15. The van der Waals surface area contributed by atoms with Crippen molar-refractivity contribution in [1.29, 1.82) is 0 Å². The van der Waals surface area contributed by atoms with Gasteiger partial charge in [-0.15, -0.1) is 0 Å². The Morgan fingerprint density at radius 3 is 3.12 bits per heavy atom. The number of carbonyl (C=O) groups is 1. The van der Waals surface area contributed by atoms with Crippen LogP contribution in [0.4, 0.5) is 5.69 Å². The van der Waals surface area contributed by atoms with Crippen LogP contribution in [0, 0.1) is 0 Å². The molecule has 3 aromatic rings. The first-order chi connectivity index (χ1) is 11.6. The van der Waals surface area contributed by atoms with Gasteiger partial charge in [-0.05, 0) is 37.0 Å². The van der Waals surface area contributed by atoms with E-state index in [-0.39, 0.29) is 11.9 Å². The van der Waals surface area contributed by atoms with Gasteiger partial charge in [0.25, 0.3) is 5.91 Å². The summed E-state index contributed by atoms with van der Waals surface area (Å²) in [6.45, 7) is 0. The molecule has 1 unspecified atom stereocenters. The van der Waals surface area contributed by atoms with E-state index >= 15 is 0 Å². The van der Waals surface area contributed by atoms with Crippen LogP contribution in [0.25, 0.3) is 11.0 Å². The van der Waals surface area contributed by atoms with Crippen LogP contribution in [-0.4, -0.2) is 31.7 Å². The standard InChI is InChI=1S/C17H18N6O/c1-23-16-14(9-21-23)13(4-5-19-16)17(24)22-12-7-10-6-11(18)2-3-15(10)20-8-12/h4-5,7-9,11H,2-3,6,18H2,1H3,(H,22,24). The molecular weight excluding hydrogens is 304 g/mol. The highest BCUT2D eigenvalue weighted by Crippen LogP contribution is 2.23. The second kappa shape index (κ2) is 5.68. The number of carbonyl (C=O) groups excluding carboxylic acids is 1. The van der Waals surface area contributed by atoms with Crippen molar-refractivity contribution in [3.05, 3.63) is 47.5 Å². The Balaban J connectivity index is 1.63. The van der Waals surface area contributed by atoms with Crippen molar-refractivity contribution in [2.45, 2.75) is 25.3 Å². The number of nitrogens with two attached hydrogens (primary N) is 1. The molecule has 1 amide bonds. The van der Waals surface area contributed by atoms with Gasteiger partial charge in [-0.3, -0.25) is 14.5 Å². The number of fused-ring (bicyclic) bond motifs is 2. The summed E-state index contributed by atoms with van der Waals surface area (Å²) in [5.41, 5.74) is 10.1. The first-order valence-electron chi connectivity index (χ1n) is 7.93. The maximum atomic E-state index is 12.6. The van der Waals surface area contributed by atoms with E-state index in [2.05, 4.69) is 20.4 Å². The molecule has 3 N–H and O–H groups in total. The maximum Gasteiger partial charge on any atom is 0.256 e. The van der Waals surface area contributed by atoms with Gasteiger partial charge in [-0.25, -0.2) is 4.98 Å². The summed E-state index contributed by atoms with van der Waals surface area (Å²) in [4.78, 5) is 21.4. The first-order valence-corrected chi connectivity index (χ1v) is 7.93. The Kier molecular flexibility index (Phi) is 3.50. The SMILES string of the molecule is Cn1ncc2c(C(=O)Nc3cnc4c(c3)CC(N)CC4)ccnc21. The fraction of sp³-hybridized carbons (Fsp3) is 0.294. The largest absolute Gasteiger partial charge is 0.327 e. The van der Waals surface area contributed by atoms with Gasteiger partial charge in [-0.1, -0.05) is 0 Å². The lowest BCUT2D eigenvalue weighted by atomic mass is 9.92. The minimum Gasteiger partial charge on any atom is -0.327 e. The molecule has 0 radical (unpaired) electrons. The minimum atomic E-state index is -0.197. The smallest absolute Gasteiger partial charge is 0.256 e. The lowest BCUT2D eigenvalue weighted by Gasteiger charge is -2.21. The summed E-state index contributed by atoms with van der Waals surface area (Å²) in [5.74, 6) is -0.197. The Morgan fingerprint density at radius 1 is 1.38 bits per heavy atom. The summed E-state index contributed by atoms with van der Waals surface area (Å²) in [6.07, 6.45) is 7.63. The number of aromatic nitrogens is 4. The predicted octanol–water partition coefficient (Wildman–Crippen LogP) is 1.43. The molecule has 4 rings (SSSR count). The summed E-state index contributed by atoms with van der Waals surface area (Å²) in [5, 5.41) is 7.80. The molecule has 0 spiro atoms. The van der Waals surface area contributed by atoms with Crippen LogP contribution in [0.2, 0.25) is 0 Å². The van der Waals surface area contributed by atoms with E-state index in [4.69, 9.17) is 5.73 Å². The zero-order valence-corrected chi connectivity index (χ0v) is 13.4. The Labute approximate surface area is 138 Å². The van der Waals surface area contributed by atoms with Crippen molar-refractivity contribution in [3.63, 3.8) is 0 Å². The summed E-state index contributed by atoms with van der Waals surface area (Å²) in [7, 11) is 1.80. The molecule has 122 valence electrons. The number of rotatable bonds is 2. The zero-order valence-electron chi connectivity index (χ0n) is 13.4. The van der Waals surface area contributed by atoms with E-state index in [1.54, 1.807) is 36.4 Å². The number of hydrogen-bond donors (Lipinski definition) is 2. The normalized spacial score (nSPS) is 16.8. The van der Waals surface area contributed by atoms with E-state index in [1.807, 2.05) is 6.07 Å². The van der Waals surface area contributed by atoms with Gasteiger partial charge < -0.3 is 11.1 Å². The second-order valence-electron chi connectivity index (χ2n) is 6.15. The third-order valence-electron chi connectivity index (χ3n) is 4.43. The number of amides is 1. The highest BCUT2D eigenvalue weighted by Gasteiger charge is 2.18. The molecule has 3 heterocycles. The molecule has 7 heteroatoms. The average Bonchev–Trinajstić information content (AvgIpc) is 2.96. The molecule has 1 atom stereocenters. The number of pyridine rings is 2. The van der Waals surface area contributed by atoms with Gasteiger partial charge in [0.05, 0.1) is 29.0 Å². The lowest BCUT2D eigenvalue weighted by Crippen LogP contribution is -2.28. The molecule has 24 heavy (non-hydrogen) atoms. The van der Waals surface area contributed by atoms with Crippen LogP contribution in [0.5, 0.6) is 0 Å². The van der Waals surface area contributed by atoms with Crippen molar-refractivity contribution < 1.29 is 4.79 Å². The minimum absolute atomic E-state index is 0.167. The lowest BCUT2D eigenvalue weighted by molar-refractivity contribution is 0.102. The quantitative estimate of drug-likeness (QED) is 0.743. The van der Waals surface area contributed by atoms with E-state index in [9.17, 15) is 4.79 Å². The van der Waals surface area contributed by atoms with Crippen molar-refractivity contribution in [3.8, 4) is 0 Å². The van der Waals surface area contributed by atoms with Crippen LogP contribution in [-0.2, 0) is 19.9 Å². The van der Waals surface area contributed by atoms with Crippen molar-refractivity contribution in [2.75, 3.05) is 5.32 Å². The van der Waals surface area contributed by atoms with Crippen molar-refractivity contribution in [1.82, 2.24) is 19.7 Å². The molecular formula is C17H18N6O. The maximum absolute atomic E-state index is 12.6. The topological polar surface area (TPSA) is 98.7 Å². The van der Waals surface area contributed by atoms with Crippen LogP contribution in [0.15, 0.2) is 30.7 Å². The van der Waals surface area contributed by atoms with Crippen molar-refractivity contribution >= 4 is 22.6 Å². The Morgan fingerprint density at radius 2 is 2.25 bits per heavy atom. The van der Waals surface area contributed by atoms with Crippen LogP contribution < -0.4 is 11.1 Å². The molecule has 0 saturated carbocycles. The Bertz CT molecular complexity index is 932. The van der Waals surface area contributed by atoms with Gasteiger partial charge in [0.2, 0.25) is 0 Å². The molecule has 0 aliphatic heterocycles. The summed E-state index contributed by atoms with van der Waals surface area (Å²) >= 11 is 0. The zero-order chi connectivity index (χ0) is 16.7. The van der Waals surface area contributed by atoms with Crippen LogP contribution in [0.1, 0.15) is 28.0 Å². The molecule has 1 aliphatic rings. The Hall–Kier alpha value is -2.80. The van der Waals surface area contributed by atoms with E-state index in [0.717, 1.165) is 35.9 Å². The molecule has 0 fully saturated rings. The third kappa shape index (κ3) is 2.52. The van der Waals surface area contributed by atoms with Crippen LogP contribution >= 0.6 is 0 Å². The van der Waals surface area contributed by atoms with E-state index in [0.29, 0.717) is 16.9 Å². The first kappa shape index (κ1) is 14.8. The number of hydrogen-bond acceptors (Lipinski definition) is 5. The molecule has 7 nitrogen and oxygen atoms in total. The highest BCUT2D eigenvalue weighted by atomic mass is 16.1. The molecule has 3 aromatic heterocycles. The average molecular weight is 322 g/mol. The number of nitrogens with zero attached hydrogens (tertiary/aromatic N) is 4. The van der Waals surface area contributed by atoms with Gasteiger partial charge in [0.1, 0.15) is 0 Å². The van der Waals surface area contributed by atoms with E-state index < -0.39 is 0 Å². The fourth-order valence-electron chi connectivity index (χ4n) is 3.16. The van der Waals surface area contributed by atoms with Gasteiger partial charge in [0, 0.05) is 25.0 Å². The van der Waals surface area contributed by atoms with Crippen LogP contribution in [0.3, 0.4) is 0 Å². The molecule has 1 aliphatic carbocycles. The van der Waals surface area contributed by atoms with Gasteiger partial charge in [-0.2, -0.15) is 5.10 Å². The van der Waals surface area contributed by atoms with E-state index in [1.165, 1.54) is 0 Å². The summed E-state index contributed by atoms with van der Waals surface area (Å²) in [6, 6.07) is 3.84. The summed E-state index contributed by atoms with van der Waals surface area (Å²) < 4.78 is 1.65. The number of nitrogens with one attached hydrogen (secondary N) is 1. The molecule has 0 saturated heterocycles. The number of anilines is 1.